The van der Waals surface area contributed by atoms with Gasteiger partial charge in [0.15, 0.2) is 0 Å². The van der Waals surface area contributed by atoms with Gasteiger partial charge in [-0.05, 0) is 83.1 Å². The largest absolute Gasteiger partial charge is 0.480 e. The summed E-state index contributed by atoms with van der Waals surface area (Å²) < 4.78 is 5.95. The van der Waals surface area contributed by atoms with Gasteiger partial charge < -0.3 is 25.6 Å². The zero-order valence-electron chi connectivity index (χ0n) is 36.8. The molecule has 332 valence electrons. The molecule has 0 aliphatic carbocycles. The highest BCUT2D eigenvalue weighted by Gasteiger charge is 2.18. The smallest absolute Gasteiger partial charge is 0.328 e. The molecule has 0 saturated carbocycles. The SMILES string of the molecule is CC/C=C\C/C=C\C/C=C\C/C=C\CCCCCCCCCCC(=O)OC(/C=C\CCCCCCCC)CCCCCCCCC(=O)NCC(=O)NC(CO)C(=O)O. The van der Waals surface area contributed by atoms with Crippen LogP contribution in [0.25, 0.3) is 0 Å². The number of nitrogens with one attached hydrogen (secondary N) is 2. The molecular weight excluding hydrogens is 729 g/mol. The van der Waals surface area contributed by atoms with Gasteiger partial charge in [-0.25, -0.2) is 4.79 Å². The number of ether oxygens (including phenoxy) is 1. The lowest BCUT2D eigenvalue weighted by Gasteiger charge is -2.15. The molecule has 2 unspecified atom stereocenters. The number of carbonyl (C=O) groups is 4. The third-order valence-corrected chi connectivity index (χ3v) is 9.98. The lowest BCUT2D eigenvalue weighted by molar-refractivity contribution is -0.147. The molecule has 9 nitrogen and oxygen atoms in total. The van der Waals surface area contributed by atoms with Gasteiger partial charge in [-0.2, -0.15) is 0 Å². The average Bonchev–Trinajstić information content (AvgIpc) is 3.21. The van der Waals surface area contributed by atoms with Gasteiger partial charge >= 0.3 is 11.9 Å². The Morgan fingerprint density at radius 1 is 0.552 bits per heavy atom. The maximum atomic E-state index is 12.8. The Kier molecular flexibility index (Phi) is 40.6. The van der Waals surface area contributed by atoms with E-state index < -0.39 is 24.5 Å². The summed E-state index contributed by atoms with van der Waals surface area (Å²) in [5, 5.41) is 22.5. The lowest BCUT2D eigenvalue weighted by Crippen LogP contribution is -2.47. The first-order valence-corrected chi connectivity index (χ1v) is 23.2. The number of carboxylic acids is 1. The summed E-state index contributed by atoms with van der Waals surface area (Å²) in [6.45, 7) is 3.36. The Balaban J connectivity index is 4.18. The number of allylic oxidation sites excluding steroid dienone is 9. The summed E-state index contributed by atoms with van der Waals surface area (Å²) in [7, 11) is 0. The Bertz CT molecular complexity index is 1160. The molecule has 9 heteroatoms. The summed E-state index contributed by atoms with van der Waals surface area (Å²) in [6.07, 6.45) is 52.7. The van der Waals surface area contributed by atoms with E-state index in [1.807, 2.05) is 0 Å². The van der Waals surface area contributed by atoms with E-state index in [-0.39, 0.29) is 24.5 Å². The molecule has 0 fully saturated rings. The first-order chi connectivity index (χ1) is 28.3. The number of hydrogen-bond acceptors (Lipinski definition) is 6. The topological polar surface area (TPSA) is 142 Å². The van der Waals surface area contributed by atoms with Crippen LogP contribution >= 0.6 is 0 Å². The standard InChI is InChI=1S/C49H84N2O7/c1-3-5-7-9-11-13-14-15-16-17-18-19-20-21-22-23-24-25-27-33-37-41-48(55)58-44(38-34-30-26-12-10-8-6-4-2)39-35-31-28-29-32-36-40-46(53)50-42-47(54)51-45(43-52)49(56)57/h5,7,11,13,15-16,18-19,34,38,44-45,52H,3-4,6,8-10,12,14,17,20-33,35-37,39-43H2,1-2H3,(H,50,53)(H,51,54)(H,56,57)/b7-5-,13-11-,16-15-,19-18-,38-34-. The quantitative estimate of drug-likeness (QED) is 0.0273. The van der Waals surface area contributed by atoms with Crippen molar-refractivity contribution >= 4 is 23.8 Å². The van der Waals surface area contributed by atoms with E-state index in [1.165, 1.54) is 77.0 Å². The van der Waals surface area contributed by atoms with E-state index in [1.54, 1.807) is 0 Å². The molecule has 0 spiro atoms. The normalized spacial score (nSPS) is 13.0. The van der Waals surface area contributed by atoms with Crippen molar-refractivity contribution in [3.05, 3.63) is 60.8 Å². The number of aliphatic hydroxyl groups excluding tert-OH is 1. The van der Waals surface area contributed by atoms with Crippen LogP contribution in [0.3, 0.4) is 0 Å². The van der Waals surface area contributed by atoms with Crippen LogP contribution < -0.4 is 10.6 Å². The minimum atomic E-state index is -1.38. The maximum absolute atomic E-state index is 12.8. The van der Waals surface area contributed by atoms with Crippen LogP contribution in [0.15, 0.2) is 60.8 Å². The number of carboxylic acid groups (broad SMARTS) is 1. The molecule has 0 aromatic heterocycles. The van der Waals surface area contributed by atoms with E-state index >= 15 is 0 Å². The fourth-order valence-corrected chi connectivity index (χ4v) is 6.44. The van der Waals surface area contributed by atoms with Gasteiger partial charge in [0, 0.05) is 12.8 Å². The number of aliphatic carboxylic acids is 1. The molecular formula is C49H84N2O7. The number of unbranched alkanes of at least 4 members (excludes halogenated alkanes) is 19. The van der Waals surface area contributed by atoms with E-state index in [0.717, 1.165) is 89.9 Å². The molecule has 4 N–H and O–H groups in total. The number of esters is 1. The van der Waals surface area contributed by atoms with Crippen molar-refractivity contribution in [2.24, 2.45) is 0 Å². The van der Waals surface area contributed by atoms with Crippen LogP contribution in [-0.2, 0) is 23.9 Å². The Morgan fingerprint density at radius 2 is 1.03 bits per heavy atom. The summed E-state index contributed by atoms with van der Waals surface area (Å²) in [5.74, 6) is -2.34. The third kappa shape index (κ3) is 39.4. The summed E-state index contributed by atoms with van der Waals surface area (Å²) in [5.41, 5.74) is 0. The second-order valence-electron chi connectivity index (χ2n) is 15.5. The van der Waals surface area contributed by atoms with Gasteiger partial charge in [0.05, 0.1) is 13.2 Å². The molecule has 0 aromatic rings. The van der Waals surface area contributed by atoms with E-state index in [9.17, 15) is 19.2 Å². The van der Waals surface area contributed by atoms with Crippen molar-refractivity contribution < 1.29 is 34.1 Å². The van der Waals surface area contributed by atoms with E-state index in [2.05, 4.69) is 85.2 Å². The van der Waals surface area contributed by atoms with Crippen LogP contribution in [0.4, 0.5) is 0 Å². The van der Waals surface area contributed by atoms with Gasteiger partial charge in [0.2, 0.25) is 11.8 Å². The lowest BCUT2D eigenvalue weighted by atomic mass is 10.0. The summed E-state index contributed by atoms with van der Waals surface area (Å²) >= 11 is 0. The number of carbonyl (C=O) groups excluding carboxylic acids is 3. The van der Waals surface area contributed by atoms with Crippen LogP contribution in [0.1, 0.15) is 200 Å². The van der Waals surface area contributed by atoms with E-state index in [0.29, 0.717) is 19.3 Å². The zero-order chi connectivity index (χ0) is 42.6. The van der Waals surface area contributed by atoms with Crippen molar-refractivity contribution in [1.82, 2.24) is 10.6 Å². The van der Waals surface area contributed by atoms with E-state index in [4.69, 9.17) is 14.9 Å². The highest BCUT2D eigenvalue weighted by atomic mass is 16.5. The van der Waals surface area contributed by atoms with Gasteiger partial charge in [0.1, 0.15) is 12.1 Å². The van der Waals surface area contributed by atoms with Crippen LogP contribution in [0.2, 0.25) is 0 Å². The van der Waals surface area contributed by atoms with Crippen LogP contribution in [-0.4, -0.2) is 59.3 Å². The minimum Gasteiger partial charge on any atom is -0.480 e. The van der Waals surface area contributed by atoms with Crippen molar-refractivity contribution in [3.63, 3.8) is 0 Å². The second-order valence-corrected chi connectivity index (χ2v) is 15.5. The molecule has 0 aromatic carbocycles. The maximum Gasteiger partial charge on any atom is 0.328 e. The van der Waals surface area contributed by atoms with Gasteiger partial charge in [0.25, 0.3) is 0 Å². The minimum absolute atomic E-state index is 0.0871. The molecule has 0 aliphatic heterocycles. The van der Waals surface area contributed by atoms with Gasteiger partial charge in [-0.3, -0.25) is 14.4 Å². The molecule has 0 saturated heterocycles. The zero-order valence-corrected chi connectivity index (χ0v) is 36.8. The summed E-state index contributed by atoms with van der Waals surface area (Å²) in [6, 6.07) is -1.38. The van der Waals surface area contributed by atoms with Gasteiger partial charge in [-0.15, -0.1) is 0 Å². The molecule has 0 radical (unpaired) electrons. The molecule has 2 atom stereocenters. The Labute approximate surface area is 353 Å². The predicted octanol–water partition coefficient (Wildman–Crippen LogP) is 11.7. The molecule has 0 bridgehead atoms. The Morgan fingerprint density at radius 3 is 1.59 bits per heavy atom. The van der Waals surface area contributed by atoms with Crippen molar-refractivity contribution in [1.29, 1.82) is 0 Å². The highest BCUT2D eigenvalue weighted by molar-refractivity contribution is 5.87. The molecule has 0 heterocycles. The molecule has 0 aliphatic rings. The fourth-order valence-electron chi connectivity index (χ4n) is 6.44. The number of aliphatic hydroxyl groups is 1. The Hall–Kier alpha value is -3.46. The monoisotopic (exact) mass is 813 g/mol. The molecule has 2 amide bonds. The predicted molar refractivity (Wildman–Crippen MR) is 240 cm³/mol. The number of amides is 2. The number of rotatable bonds is 41. The van der Waals surface area contributed by atoms with Crippen LogP contribution in [0.5, 0.6) is 0 Å². The first-order valence-electron chi connectivity index (χ1n) is 23.2. The highest BCUT2D eigenvalue weighted by Crippen LogP contribution is 2.16. The molecule has 58 heavy (non-hydrogen) atoms. The van der Waals surface area contributed by atoms with Crippen molar-refractivity contribution in [3.8, 4) is 0 Å². The fraction of sp³-hybridized carbons (Fsp3) is 0.714. The van der Waals surface area contributed by atoms with Crippen molar-refractivity contribution in [2.75, 3.05) is 13.2 Å². The van der Waals surface area contributed by atoms with Crippen LogP contribution in [0, 0.1) is 0 Å². The molecule has 0 rings (SSSR count). The second kappa shape index (κ2) is 43.1. The third-order valence-electron chi connectivity index (χ3n) is 9.98. The number of hydrogen-bond donors (Lipinski definition) is 4. The summed E-state index contributed by atoms with van der Waals surface area (Å²) in [4.78, 5) is 47.5. The first kappa shape index (κ1) is 54.5. The van der Waals surface area contributed by atoms with Gasteiger partial charge in [-0.1, -0.05) is 165 Å². The van der Waals surface area contributed by atoms with Crippen molar-refractivity contribution in [2.45, 2.75) is 212 Å². The average molecular weight is 813 g/mol.